The maximum atomic E-state index is 12.7. The Morgan fingerprint density at radius 3 is 2.68 bits per heavy atom. The second-order valence-electron chi connectivity index (χ2n) is 6.73. The molecule has 0 spiro atoms. The van der Waals surface area contributed by atoms with E-state index in [2.05, 4.69) is 27.5 Å². The summed E-state index contributed by atoms with van der Waals surface area (Å²) in [6, 6.07) is 8.27. The summed E-state index contributed by atoms with van der Waals surface area (Å²) in [5.74, 6) is 1.16. The van der Waals surface area contributed by atoms with Crippen LogP contribution in [0.4, 0.5) is 11.5 Å². The molecular formula is C20H26N4O. The fraction of sp³-hybridized carbons (Fsp3) is 0.450. The standard InChI is InChI=1S/C20H26N4O/c1-4-15-9-7-8-13(2)19(15)24-20(25)17-12-18(22-14(3)21-17)23-16-10-5-6-11-16/h7-9,12,16H,4-6,10-11H2,1-3H3,(H,24,25)(H,21,22,23). The van der Waals surface area contributed by atoms with Crippen LogP contribution < -0.4 is 10.6 Å². The van der Waals surface area contributed by atoms with Gasteiger partial charge in [0.15, 0.2) is 0 Å². The van der Waals surface area contributed by atoms with Crippen LogP contribution in [0.1, 0.15) is 60.0 Å². The number of rotatable bonds is 5. The fourth-order valence-electron chi connectivity index (χ4n) is 3.42. The predicted molar refractivity (Wildman–Crippen MR) is 101 cm³/mol. The minimum absolute atomic E-state index is 0.191. The molecule has 132 valence electrons. The highest BCUT2D eigenvalue weighted by atomic mass is 16.1. The zero-order chi connectivity index (χ0) is 17.8. The lowest BCUT2D eigenvalue weighted by Crippen LogP contribution is -2.20. The fourth-order valence-corrected chi connectivity index (χ4v) is 3.42. The van der Waals surface area contributed by atoms with Gasteiger partial charge in [-0.05, 0) is 44.2 Å². The van der Waals surface area contributed by atoms with Gasteiger partial charge in [0, 0.05) is 17.8 Å². The number of aromatic nitrogens is 2. The lowest BCUT2D eigenvalue weighted by atomic mass is 10.1. The summed E-state index contributed by atoms with van der Waals surface area (Å²) in [6.07, 6.45) is 5.69. The zero-order valence-corrected chi connectivity index (χ0v) is 15.2. The van der Waals surface area contributed by atoms with Gasteiger partial charge in [0.2, 0.25) is 0 Å². The van der Waals surface area contributed by atoms with Crippen molar-refractivity contribution in [1.29, 1.82) is 0 Å². The summed E-state index contributed by atoms with van der Waals surface area (Å²) in [6.45, 7) is 5.91. The van der Waals surface area contributed by atoms with E-state index in [0.717, 1.165) is 41.9 Å². The van der Waals surface area contributed by atoms with Gasteiger partial charge in [-0.1, -0.05) is 38.0 Å². The summed E-state index contributed by atoms with van der Waals surface area (Å²) in [7, 11) is 0. The molecule has 1 heterocycles. The first-order chi connectivity index (χ1) is 12.1. The van der Waals surface area contributed by atoms with E-state index in [1.807, 2.05) is 32.0 Å². The number of carbonyl (C=O) groups is 1. The number of nitrogens with one attached hydrogen (secondary N) is 2. The SMILES string of the molecule is CCc1cccc(C)c1NC(=O)c1cc(NC2CCCC2)nc(C)n1. The molecule has 1 amide bonds. The van der Waals surface area contributed by atoms with E-state index >= 15 is 0 Å². The Morgan fingerprint density at radius 1 is 1.20 bits per heavy atom. The first-order valence-electron chi connectivity index (χ1n) is 9.09. The van der Waals surface area contributed by atoms with E-state index in [0.29, 0.717) is 17.6 Å². The van der Waals surface area contributed by atoms with Crippen molar-refractivity contribution in [2.75, 3.05) is 10.6 Å². The number of para-hydroxylation sites is 1. The number of carbonyl (C=O) groups excluding carboxylic acids is 1. The Bertz CT molecular complexity index is 766. The second kappa shape index (κ2) is 7.64. The topological polar surface area (TPSA) is 66.9 Å². The van der Waals surface area contributed by atoms with Crippen molar-refractivity contribution in [1.82, 2.24) is 9.97 Å². The maximum absolute atomic E-state index is 12.7. The minimum atomic E-state index is -0.191. The van der Waals surface area contributed by atoms with Gasteiger partial charge in [-0.3, -0.25) is 4.79 Å². The Balaban J connectivity index is 1.81. The third-order valence-electron chi connectivity index (χ3n) is 4.76. The van der Waals surface area contributed by atoms with Crippen LogP contribution in [0.15, 0.2) is 24.3 Å². The second-order valence-corrected chi connectivity index (χ2v) is 6.73. The third-order valence-corrected chi connectivity index (χ3v) is 4.76. The molecule has 1 aromatic carbocycles. The van der Waals surface area contributed by atoms with Crippen molar-refractivity contribution in [2.24, 2.45) is 0 Å². The van der Waals surface area contributed by atoms with Crippen LogP contribution in [0.2, 0.25) is 0 Å². The lowest BCUT2D eigenvalue weighted by molar-refractivity contribution is 0.102. The van der Waals surface area contributed by atoms with Gasteiger partial charge in [0.25, 0.3) is 5.91 Å². The molecule has 0 bridgehead atoms. The van der Waals surface area contributed by atoms with Crippen LogP contribution in [0, 0.1) is 13.8 Å². The summed E-state index contributed by atoms with van der Waals surface area (Å²) < 4.78 is 0. The molecular weight excluding hydrogens is 312 g/mol. The smallest absolute Gasteiger partial charge is 0.274 e. The zero-order valence-electron chi connectivity index (χ0n) is 15.2. The predicted octanol–water partition coefficient (Wildman–Crippen LogP) is 4.26. The molecule has 1 aromatic heterocycles. The molecule has 25 heavy (non-hydrogen) atoms. The van der Waals surface area contributed by atoms with E-state index in [-0.39, 0.29) is 5.91 Å². The van der Waals surface area contributed by atoms with Crippen LogP contribution in [-0.4, -0.2) is 21.9 Å². The third kappa shape index (κ3) is 4.16. The molecule has 0 unspecified atom stereocenters. The largest absolute Gasteiger partial charge is 0.367 e. The summed E-state index contributed by atoms with van der Waals surface area (Å²) >= 11 is 0. The summed E-state index contributed by atoms with van der Waals surface area (Å²) in [5.41, 5.74) is 3.47. The minimum Gasteiger partial charge on any atom is -0.367 e. The summed E-state index contributed by atoms with van der Waals surface area (Å²) in [4.78, 5) is 21.5. The number of aryl methyl sites for hydroxylation is 3. The van der Waals surface area contributed by atoms with E-state index in [1.54, 1.807) is 6.07 Å². The van der Waals surface area contributed by atoms with Crippen LogP contribution in [0.3, 0.4) is 0 Å². The average molecular weight is 338 g/mol. The highest BCUT2D eigenvalue weighted by Crippen LogP contribution is 2.23. The van der Waals surface area contributed by atoms with Gasteiger partial charge in [-0.25, -0.2) is 9.97 Å². The van der Waals surface area contributed by atoms with Crippen molar-refractivity contribution in [2.45, 2.75) is 58.9 Å². The molecule has 0 atom stereocenters. The maximum Gasteiger partial charge on any atom is 0.274 e. The molecule has 5 nitrogen and oxygen atoms in total. The lowest BCUT2D eigenvalue weighted by Gasteiger charge is -2.15. The van der Waals surface area contributed by atoms with Gasteiger partial charge >= 0.3 is 0 Å². The number of anilines is 2. The number of amides is 1. The Kier molecular flexibility index (Phi) is 5.31. The van der Waals surface area contributed by atoms with Crippen LogP contribution in [-0.2, 0) is 6.42 Å². The van der Waals surface area contributed by atoms with Crippen LogP contribution >= 0.6 is 0 Å². The monoisotopic (exact) mass is 338 g/mol. The van der Waals surface area contributed by atoms with E-state index in [9.17, 15) is 4.79 Å². The Hall–Kier alpha value is -2.43. The van der Waals surface area contributed by atoms with Gasteiger partial charge in [0.05, 0.1) is 0 Å². The quantitative estimate of drug-likeness (QED) is 0.855. The van der Waals surface area contributed by atoms with E-state index in [1.165, 1.54) is 12.8 Å². The number of hydrogen-bond acceptors (Lipinski definition) is 4. The van der Waals surface area contributed by atoms with Crippen LogP contribution in [0.5, 0.6) is 0 Å². The number of benzene rings is 1. The van der Waals surface area contributed by atoms with E-state index in [4.69, 9.17) is 0 Å². The highest BCUT2D eigenvalue weighted by Gasteiger charge is 2.18. The molecule has 5 heteroatoms. The van der Waals surface area contributed by atoms with Gasteiger partial charge in [-0.2, -0.15) is 0 Å². The molecule has 1 saturated carbocycles. The van der Waals surface area contributed by atoms with Crippen molar-refractivity contribution in [3.8, 4) is 0 Å². The molecule has 0 radical (unpaired) electrons. The normalized spacial score (nSPS) is 14.5. The molecule has 1 fully saturated rings. The first-order valence-corrected chi connectivity index (χ1v) is 9.09. The Morgan fingerprint density at radius 2 is 1.96 bits per heavy atom. The van der Waals surface area contributed by atoms with E-state index < -0.39 is 0 Å². The van der Waals surface area contributed by atoms with Gasteiger partial charge in [-0.15, -0.1) is 0 Å². The van der Waals surface area contributed by atoms with Gasteiger partial charge < -0.3 is 10.6 Å². The molecule has 2 N–H and O–H groups in total. The number of nitrogens with zero attached hydrogens (tertiary/aromatic N) is 2. The highest BCUT2D eigenvalue weighted by molar-refractivity contribution is 6.04. The molecule has 1 aliphatic carbocycles. The summed E-state index contributed by atoms with van der Waals surface area (Å²) in [5, 5.41) is 6.48. The first kappa shape index (κ1) is 17.4. The molecule has 3 rings (SSSR count). The Labute approximate surface area is 149 Å². The molecule has 0 aliphatic heterocycles. The molecule has 2 aromatic rings. The molecule has 1 aliphatic rings. The van der Waals surface area contributed by atoms with Crippen molar-refractivity contribution in [3.05, 3.63) is 46.9 Å². The molecule has 0 saturated heterocycles. The van der Waals surface area contributed by atoms with Crippen molar-refractivity contribution >= 4 is 17.4 Å². The van der Waals surface area contributed by atoms with Crippen molar-refractivity contribution < 1.29 is 4.79 Å². The average Bonchev–Trinajstić information content (AvgIpc) is 3.09. The van der Waals surface area contributed by atoms with Crippen LogP contribution in [0.25, 0.3) is 0 Å². The van der Waals surface area contributed by atoms with Gasteiger partial charge in [0.1, 0.15) is 17.3 Å². The van der Waals surface area contributed by atoms with Crippen molar-refractivity contribution in [3.63, 3.8) is 0 Å². The number of hydrogen-bond donors (Lipinski definition) is 2.